The van der Waals surface area contributed by atoms with Crippen molar-refractivity contribution in [1.29, 1.82) is 0 Å². The van der Waals surface area contributed by atoms with Crippen LogP contribution in [-0.2, 0) is 24.3 Å². The number of hydrogen-bond acceptors (Lipinski definition) is 6. The van der Waals surface area contributed by atoms with Gasteiger partial charge in [-0.3, -0.25) is 9.59 Å². The number of piperazine rings is 1. The molecule has 1 aliphatic rings. The molecule has 3 aromatic carbocycles. The number of amides is 1. The Morgan fingerprint density at radius 2 is 1.57 bits per heavy atom. The van der Waals surface area contributed by atoms with E-state index in [-0.39, 0.29) is 23.8 Å². The molecule has 1 N–H and O–H groups in total. The average molecular weight is 496 g/mol. The van der Waals surface area contributed by atoms with E-state index in [4.69, 9.17) is 4.74 Å². The standard InChI is InChI=1S/C26H29N3O5S/c1-20(26(31)29-17-15-28(16-18-29)23-9-3-2-4-10-23)34-25(30)13-14-27-35(32,33)24-12-11-21-7-5-6-8-22(21)19-24/h2-12,19-20,27H,13-18H2,1H3. The summed E-state index contributed by atoms with van der Waals surface area (Å²) in [6.45, 7) is 3.91. The molecule has 8 nitrogen and oxygen atoms in total. The monoisotopic (exact) mass is 495 g/mol. The molecule has 0 spiro atoms. The Kier molecular flexibility index (Phi) is 7.67. The fraction of sp³-hybridized carbons (Fsp3) is 0.308. The van der Waals surface area contributed by atoms with E-state index in [0.717, 1.165) is 16.5 Å². The zero-order valence-corrected chi connectivity index (χ0v) is 20.4. The van der Waals surface area contributed by atoms with E-state index in [1.807, 2.05) is 54.6 Å². The van der Waals surface area contributed by atoms with Crippen molar-refractivity contribution in [3.05, 3.63) is 72.8 Å². The molecule has 9 heteroatoms. The van der Waals surface area contributed by atoms with Gasteiger partial charge in [0.2, 0.25) is 10.0 Å². The average Bonchev–Trinajstić information content (AvgIpc) is 2.88. The van der Waals surface area contributed by atoms with Crippen LogP contribution in [0, 0.1) is 0 Å². The van der Waals surface area contributed by atoms with Gasteiger partial charge in [-0.1, -0.05) is 48.5 Å². The highest BCUT2D eigenvalue weighted by molar-refractivity contribution is 7.89. The van der Waals surface area contributed by atoms with Gasteiger partial charge in [0.15, 0.2) is 6.10 Å². The van der Waals surface area contributed by atoms with Crippen LogP contribution in [0.15, 0.2) is 77.7 Å². The minimum absolute atomic E-state index is 0.120. The van der Waals surface area contributed by atoms with Gasteiger partial charge in [-0.15, -0.1) is 0 Å². The lowest BCUT2D eigenvalue weighted by Gasteiger charge is -2.37. The highest BCUT2D eigenvalue weighted by atomic mass is 32.2. The highest BCUT2D eigenvalue weighted by Gasteiger charge is 2.27. The second-order valence-corrected chi connectivity index (χ2v) is 10.2. The Bertz CT molecular complexity index is 1290. The Hall–Kier alpha value is -3.43. The second kappa shape index (κ2) is 10.9. The first-order valence-corrected chi connectivity index (χ1v) is 13.1. The van der Waals surface area contributed by atoms with Crippen molar-refractivity contribution in [3.8, 4) is 0 Å². The van der Waals surface area contributed by atoms with E-state index in [2.05, 4.69) is 9.62 Å². The van der Waals surface area contributed by atoms with Crippen LogP contribution in [0.25, 0.3) is 10.8 Å². The fourth-order valence-corrected chi connectivity index (χ4v) is 5.16. The molecule has 1 saturated heterocycles. The third-order valence-electron chi connectivity index (χ3n) is 6.02. The number of fused-ring (bicyclic) bond motifs is 1. The SMILES string of the molecule is CC(OC(=O)CCNS(=O)(=O)c1ccc2ccccc2c1)C(=O)N1CCN(c2ccccc2)CC1. The van der Waals surface area contributed by atoms with Gasteiger partial charge in [-0.05, 0) is 42.0 Å². The summed E-state index contributed by atoms with van der Waals surface area (Å²) >= 11 is 0. The number of sulfonamides is 1. The maximum absolute atomic E-state index is 12.7. The molecule has 35 heavy (non-hydrogen) atoms. The van der Waals surface area contributed by atoms with Crippen LogP contribution in [0.5, 0.6) is 0 Å². The number of carbonyl (C=O) groups excluding carboxylic acids is 2. The number of para-hydroxylation sites is 1. The highest BCUT2D eigenvalue weighted by Crippen LogP contribution is 2.19. The zero-order valence-electron chi connectivity index (χ0n) is 19.6. The number of nitrogens with one attached hydrogen (secondary N) is 1. The quantitative estimate of drug-likeness (QED) is 0.483. The van der Waals surface area contributed by atoms with Crippen LogP contribution in [0.2, 0.25) is 0 Å². The number of anilines is 1. The Morgan fingerprint density at radius 3 is 2.29 bits per heavy atom. The molecule has 0 aromatic heterocycles. The largest absolute Gasteiger partial charge is 0.452 e. The minimum Gasteiger partial charge on any atom is -0.452 e. The normalized spacial score (nSPS) is 15.1. The Morgan fingerprint density at radius 1 is 0.914 bits per heavy atom. The lowest BCUT2D eigenvalue weighted by atomic mass is 10.1. The lowest BCUT2D eigenvalue weighted by Crippen LogP contribution is -2.51. The molecule has 1 unspecified atom stereocenters. The summed E-state index contributed by atoms with van der Waals surface area (Å²) in [5, 5.41) is 1.75. The number of benzene rings is 3. The minimum atomic E-state index is -3.78. The summed E-state index contributed by atoms with van der Waals surface area (Å²) in [4.78, 5) is 29.0. The van der Waals surface area contributed by atoms with Crippen molar-refractivity contribution in [1.82, 2.24) is 9.62 Å². The van der Waals surface area contributed by atoms with Crippen molar-refractivity contribution < 1.29 is 22.7 Å². The van der Waals surface area contributed by atoms with Gasteiger partial charge in [0.05, 0.1) is 11.3 Å². The first kappa shape index (κ1) is 24.7. The third-order valence-corrected chi connectivity index (χ3v) is 7.48. The van der Waals surface area contributed by atoms with Crippen molar-refractivity contribution in [3.63, 3.8) is 0 Å². The van der Waals surface area contributed by atoms with Gasteiger partial charge < -0.3 is 14.5 Å². The predicted molar refractivity (Wildman–Crippen MR) is 135 cm³/mol. The third kappa shape index (κ3) is 6.17. The van der Waals surface area contributed by atoms with Crippen LogP contribution in [-0.4, -0.2) is 64.0 Å². The van der Waals surface area contributed by atoms with Crippen LogP contribution in [0.1, 0.15) is 13.3 Å². The first-order valence-electron chi connectivity index (χ1n) is 11.6. The van der Waals surface area contributed by atoms with Gasteiger partial charge in [-0.25, -0.2) is 13.1 Å². The van der Waals surface area contributed by atoms with Gasteiger partial charge in [0, 0.05) is 38.4 Å². The van der Waals surface area contributed by atoms with Crippen molar-refractivity contribution in [2.75, 3.05) is 37.6 Å². The maximum Gasteiger partial charge on any atom is 0.307 e. The number of ether oxygens (including phenoxy) is 1. The molecule has 184 valence electrons. The molecule has 1 atom stereocenters. The van der Waals surface area contributed by atoms with Gasteiger partial charge in [-0.2, -0.15) is 0 Å². The van der Waals surface area contributed by atoms with Crippen LogP contribution >= 0.6 is 0 Å². The molecule has 1 aliphatic heterocycles. The number of nitrogens with zero attached hydrogens (tertiary/aromatic N) is 2. The van der Waals surface area contributed by atoms with Crippen molar-refractivity contribution in [2.45, 2.75) is 24.3 Å². The number of esters is 1. The lowest BCUT2D eigenvalue weighted by molar-refractivity contribution is -0.159. The zero-order chi connectivity index (χ0) is 24.8. The summed E-state index contributed by atoms with van der Waals surface area (Å²) in [7, 11) is -3.78. The van der Waals surface area contributed by atoms with Gasteiger partial charge >= 0.3 is 5.97 Å². The van der Waals surface area contributed by atoms with E-state index in [0.29, 0.717) is 26.2 Å². The van der Waals surface area contributed by atoms with Crippen LogP contribution < -0.4 is 9.62 Å². The van der Waals surface area contributed by atoms with E-state index < -0.39 is 22.1 Å². The number of hydrogen-bond donors (Lipinski definition) is 1. The first-order chi connectivity index (χ1) is 16.8. The van der Waals surface area contributed by atoms with Crippen molar-refractivity contribution >= 4 is 38.4 Å². The molecule has 1 fully saturated rings. The van der Waals surface area contributed by atoms with Gasteiger partial charge in [0.25, 0.3) is 5.91 Å². The van der Waals surface area contributed by atoms with Crippen LogP contribution in [0.3, 0.4) is 0 Å². The van der Waals surface area contributed by atoms with E-state index in [1.54, 1.807) is 24.0 Å². The summed E-state index contributed by atoms with van der Waals surface area (Å²) in [6, 6.07) is 22.3. The topological polar surface area (TPSA) is 96.0 Å². The number of carbonyl (C=O) groups is 2. The predicted octanol–water partition coefficient (Wildman–Crippen LogP) is 2.79. The van der Waals surface area contributed by atoms with E-state index in [1.165, 1.54) is 6.07 Å². The second-order valence-electron chi connectivity index (χ2n) is 8.44. The molecule has 1 amide bonds. The molecule has 1 heterocycles. The Balaban J connectivity index is 1.22. The molecule has 0 radical (unpaired) electrons. The smallest absolute Gasteiger partial charge is 0.307 e. The Labute approximate surface area is 205 Å². The van der Waals surface area contributed by atoms with E-state index in [9.17, 15) is 18.0 Å². The molecule has 4 rings (SSSR count). The van der Waals surface area contributed by atoms with Crippen molar-refractivity contribution in [2.24, 2.45) is 0 Å². The summed E-state index contributed by atoms with van der Waals surface area (Å²) in [6.07, 6.45) is -1.10. The van der Waals surface area contributed by atoms with Gasteiger partial charge in [0.1, 0.15) is 0 Å². The van der Waals surface area contributed by atoms with Crippen LogP contribution in [0.4, 0.5) is 5.69 Å². The summed E-state index contributed by atoms with van der Waals surface area (Å²) in [5.74, 6) is -0.877. The molecule has 0 aliphatic carbocycles. The van der Waals surface area contributed by atoms with E-state index >= 15 is 0 Å². The molecular formula is C26H29N3O5S. The maximum atomic E-state index is 12.7. The summed E-state index contributed by atoms with van der Waals surface area (Å²) in [5.41, 5.74) is 1.12. The molecular weight excluding hydrogens is 466 g/mol. The molecule has 0 bridgehead atoms. The number of rotatable bonds is 8. The molecule has 3 aromatic rings. The molecule has 0 saturated carbocycles. The summed E-state index contributed by atoms with van der Waals surface area (Å²) < 4.78 is 32.9. The fourth-order valence-electron chi connectivity index (χ4n) is 4.09.